The number of hydrogen-bond acceptors (Lipinski definition) is 4. The molecule has 0 saturated heterocycles. The molecule has 0 spiro atoms. The zero-order chi connectivity index (χ0) is 15.7. The molecule has 0 fully saturated rings. The van der Waals surface area contributed by atoms with E-state index < -0.39 is 12.0 Å². The average Bonchev–Trinajstić information content (AvgIpc) is 2.47. The minimum Gasteiger partial charge on any atom is -0.493 e. The first-order valence-electron chi connectivity index (χ1n) is 7.38. The van der Waals surface area contributed by atoms with E-state index in [1.807, 2.05) is 25.1 Å². The number of benzene rings is 1. The summed E-state index contributed by atoms with van der Waals surface area (Å²) in [5.74, 6) is 0.558. The largest absolute Gasteiger partial charge is 0.493 e. The summed E-state index contributed by atoms with van der Waals surface area (Å²) >= 11 is 0. The summed E-state index contributed by atoms with van der Waals surface area (Å²) in [7, 11) is 1.60. The summed E-state index contributed by atoms with van der Waals surface area (Å²) in [6.45, 7) is 5.01. The van der Waals surface area contributed by atoms with Crippen molar-refractivity contribution >= 4 is 5.97 Å². The highest BCUT2D eigenvalue weighted by molar-refractivity contribution is 5.73. The van der Waals surface area contributed by atoms with Crippen molar-refractivity contribution in [2.75, 3.05) is 13.7 Å². The van der Waals surface area contributed by atoms with Crippen LogP contribution in [0, 0.1) is 0 Å². The first-order chi connectivity index (χ1) is 10.1. The predicted molar refractivity (Wildman–Crippen MR) is 82.0 cm³/mol. The molecular weight excluding hydrogens is 270 g/mol. The second-order valence-electron chi connectivity index (χ2n) is 4.83. The molecule has 0 unspecified atom stereocenters. The first-order valence-corrected chi connectivity index (χ1v) is 7.38. The maximum atomic E-state index is 11.2. The van der Waals surface area contributed by atoms with E-state index in [1.54, 1.807) is 7.11 Å². The number of ether oxygens (including phenoxy) is 2. The molecule has 0 bridgehead atoms. The fraction of sp³-hybridized carbons (Fsp3) is 0.562. The van der Waals surface area contributed by atoms with E-state index >= 15 is 0 Å². The molecule has 0 radical (unpaired) electrons. The SMILES string of the molecule is CCCC[C@H](NCc1ccc(OC)c(OCC)c1)C(=O)O. The van der Waals surface area contributed by atoms with Crippen molar-refractivity contribution < 1.29 is 19.4 Å². The van der Waals surface area contributed by atoms with Crippen LogP contribution in [0.15, 0.2) is 18.2 Å². The molecule has 21 heavy (non-hydrogen) atoms. The average molecular weight is 295 g/mol. The lowest BCUT2D eigenvalue weighted by Gasteiger charge is -2.15. The molecule has 0 saturated carbocycles. The van der Waals surface area contributed by atoms with Crippen molar-refractivity contribution in [2.24, 2.45) is 0 Å². The van der Waals surface area contributed by atoms with Gasteiger partial charge in [0.15, 0.2) is 11.5 Å². The van der Waals surface area contributed by atoms with Crippen LogP contribution in [0.2, 0.25) is 0 Å². The molecule has 0 heterocycles. The molecule has 1 aromatic carbocycles. The molecule has 118 valence electrons. The zero-order valence-electron chi connectivity index (χ0n) is 13.0. The van der Waals surface area contributed by atoms with E-state index in [4.69, 9.17) is 9.47 Å². The van der Waals surface area contributed by atoms with Crippen LogP contribution in [0.25, 0.3) is 0 Å². The van der Waals surface area contributed by atoms with Crippen LogP contribution >= 0.6 is 0 Å². The summed E-state index contributed by atoms with van der Waals surface area (Å²) in [6, 6.07) is 5.12. The number of unbranched alkanes of at least 4 members (excludes halogenated alkanes) is 1. The summed E-state index contributed by atoms with van der Waals surface area (Å²) in [5.41, 5.74) is 0.974. The van der Waals surface area contributed by atoms with Gasteiger partial charge in [-0.2, -0.15) is 0 Å². The van der Waals surface area contributed by atoms with Gasteiger partial charge in [-0.15, -0.1) is 0 Å². The highest BCUT2D eigenvalue weighted by Gasteiger charge is 2.16. The van der Waals surface area contributed by atoms with Gasteiger partial charge in [-0.3, -0.25) is 4.79 Å². The van der Waals surface area contributed by atoms with E-state index in [0.717, 1.165) is 18.4 Å². The number of carbonyl (C=O) groups is 1. The number of rotatable bonds is 10. The molecule has 0 aliphatic heterocycles. The van der Waals surface area contributed by atoms with Crippen molar-refractivity contribution in [1.82, 2.24) is 5.32 Å². The van der Waals surface area contributed by atoms with Crippen molar-refractivity contribution in [1.29, 1.82) is 0 Å². The molecule has 0 aromatic heterocycles. The number of nitrogens with one attached hydrogen (secondary N) is 1. The van der Waals surface area contributed by atoms with Gasteiger partial charge in [-0.1, -0.05) is 25.8 Å². The zero-order valence-corrected chi connectivity index (χ0v) is 13.0. The van der Waals surface area contributed by atoms with E-state index in [0.29, 0.717) is 31.1 Å². The predicted octanol–water partition coefficient (Wildman–Crippen LogP) is 2.83. The maximum Gasteiger partial charge on any atom is 0.320 e. The Morgan fingerprint density at radius 2 is 2.10 bits per heavy atom. The second kappa shape index (κ2) is 9.23. The Morgan fingerprint density at radius 3 is 2.67 bits per heavy atom. The van der Waals surface area contributed by atoms with Gasteiger partial charge in [0, 0.05) is 6.54 Å². The fourth-order valence-electron chi connectivity index (χ4n) is 2.06. The Morgan fingerprint density at radius 1 is 1.33 bits per heavy atom. The molecule has 1 rings (SSSR count). The van der Waals surface area contributed by atoms with Gasteiger partial charge in [-0.05, 0) is 31.0 Å². The van der Waals surface area contributed by atoms with Gasteiger partial charge >= 0.3 is 5.97 Å². The lowest BCUT2D eigenvalue weighted by molar-refractivity contribution is -0.139. The van der Waals surface area contributed by atoms with Crippen molar-refractivity contribution in [3.8, 4) is 11.5 Å². The standard InChI is InChI=1S/C16H25NO4/c1-4-6-7-13(16(18)19)17-11-12-8-9-14(20-3)15(10-12)21-5-2/h8-10,13,17H,4-7,11H2,1-3H3,(H,18,19)/t13-/m0/s1. The smallest absolute Gasteiger partial charge is 0.320 e. The molecule has 1 aromatic rings. The van der Waals surface area contributed by atoms with Gasteiger partial charge in [0.2, 0.25) is 0 Å². The number of aliphatic carboxylic acids is 1. The third kappa shape index (κ3) is 5.63. The Bertz CT molecular complexity index is 448. The third-order valence-corrected chi connectivity index (χ3v) is 3.22. The van der Waals surface area contributed by atoms with Gasteiger partial charge < -0.3 is 19.9 Å². The fourth-order valence-corrected chi connectivity index (χ4v) is 2.06. The van der Waals surface area contributed by atoms with Crippen LogP contribution in [0.4, 0.5) is 0 Å². The highest BCUT2D eigenvalue weighted by atomic mass is 16.5. The second-order valence-corrected chi connectivity index (χ2v) is 4.83. The first kappa shape index (κ1) is 17.3. The van der Waals surface area contributed by atoms with Crippen LogP contribution in [0.1, 0.15) is 38.7 Å². The lowest BCUT2D eigenvalue weighted by Crippen LogP contribution is -2.36. The number of carboxylic acid groups (broad SMARTS) is 1. The topological polar surface area (TPSA) is 67.8 Å². The Balaban J connectivity index is 2.68. The number of hydrogen-bond donors (Lipinski definition) is 2. The number of methoxy groups -OCH3 is 1. The minimum atomic E-state index is -0.804. The van der Waals surface area contributed by atoms with Crippen LogP contribution in [-0.2, 0) is 11.3 Å². The molecule has 2 N–H and O–H groups in total. The lowest BCUT2D eigenvalue weighted by atomic mass is 10.1. The highest BCUT2D eigenvalue weighted by Crippen LogP contribution is 2.28. The van der Waals surface area contributed by atoms with Crippen molar-refractivity contribution in [3.05, 3.63) is 23.8 Å². The summed E-state index contributed by atoms with van der Waals surface area (Å²) in [4.78, 5) is 11.2. The van der Waals surface area contributed by atoms with Gasteiger partial charge in [0.1, 0.15) is 6.04 Å². The van der Waals surface area contributed by atoms with Crippen LogP contribution < -0.4 is 14.8 Å². The summed E-state index contributed by atoms with van der Waals surface area (Å²) in [6.07, 6.45) is 2.53. The molecule has 5 heteroatoms. The minimum absolute atomic E-state index is 0.491. The molecule has 1 atom stereocenters. The van der Waals surface area contributed by atoms with E-state index in [1.165, 1.54) is 0 Å². The van der Waals surface area contributed by atoms with E-state index in [-0.39, 0.29) is 0 Å². The van der Waals surface area contributed by atoms with Crippen LogP contribution in [0.3, 0.4) is 0 Å². The number of carboxylic acids is 1. The van der Waals surface area contributed by atoms with Gasteiger partial charge in [-0.25, -0.2) is 0 Å². The van der Waals surface area contributed by atoms with Crippen molar-refractivity contribution in [3.63, 3.8) is 0 Å². The van der Waals surface area contributed by atoms with E-state index in [2.05, 4.69) is 12.2 Å². The Labute approximate surface area is 126 Å². The van der Waals surface area contributed by atoms with Crippen molar-refractivity contribution in [2.45, 2.75) is 45.7 Å². The normalized spacial score (nSPS) is 12.0. The quantitative estimate of drug-likeness (QED) is 0.694. The molecule has 5 nitrogen and oxygen atoms in total. The third-order valence-electron chi connectivity index (χ3n) is 3.22. The summed E-state index contributed by atoms with van der Waals surface area (Å²) < 4.78 is 10.7. The molecule has 0 aliphatic carbocycles. The monoisotopic (exact) mass is 295 g/mol. The van der Waals surface area contributed by atoms with Gasteiger partial charge in [0.05, 0.1) is 13.7 Å². The Hall–Kier alpha value is -1.75. The molecule has 0 amide bonds. The van der Waals surface area contributed by atoms with E-state index in [9.17, 15) is 9.90 Å². The Kier molecular flexibility index (Phi) is 7.61. The molecule has 0 aliphatic rings. The van der Waals surface area contributed by atoms with Crippen LogP contribution in [-0.4, -0.2) is 30.8 Å². The maximum absolute atomic E-state index is 11.2. The summed E-state index contributed by atoms with van der Waals surface area (Å²) in [5, 5.41) is 12.3. The van der Waals surface area contributed by atoms with Crippen LogP contribution in [0.5, 0.6) is 11.5 Å². The molecular formula is C16H25NO4. The van der Waals surface area contributed by atoms with Gasteiger partial charge in [0.25, 0.3) is 0 Å².